The number of ether oxygens (including phenoxy) is 1. The van der Waals surface area contributed by atoms with Gasteiger partial charge in [0.05, 0.1) is 0 Å². The van der Waals surface area contributed by atoms with Crippen molar-refractivity contribution in [1.82, 2.24) is 4.98 Å². The zero-order valence-corrected chi connectivity index (χ0v) is 18.0. The van der Waals surface area contributed by atoms with Gasteiger partial charge in [0.2, 0.25) is 5.78 Å². The molecule has 0 fully saturated rings. The van der Waals surface area contributed by atoms with Gasteiger partial charge in [-0.15, -0.1) is 11.3 Å². The molecule has 1 aliphatic rings. The molecule has 1 aromatic heterocycles. The molecule has 0 saturated heterocycles. The van der Waals surface area contributed by atoms with E-state index in [2.05, 4.69) is 29.1 Å². The third kappa shape index (κ3) is 4.62. The smallest absolute Gasteiger partial charge is 0.412 e. The maximum Gasteiger partial charge on any atom is 0.412 e. The first-order valence-corrected chi connectivity index (χ1v) is 10.3. The van der Waals surface area contributed by atoms with Gasteiger partial charge in [0.25, 0.3) is 0 Å². The number of hydrogen-bond acceptors (Lipinski definition) is 6. The van der Waals surface area contributed by atoms with Gasteiger partial charge >= 0.3 is 6.09 Å². The predicted molar refractivity (Wildman–Crippen MR) is 116 cm³/mol. The van der Waals surface area contributed by atoms with E-state index in [1.54, 1.807) is 63.4 Å². The third-order valence-electron chi connectivity index (χ3n) is 4.26. The van der Waals surface area contributed by atoms with Crippen molar-refractivity contribution >= 4 is 35.1 Å². The molecule has 1 aromatic carbocycles. The maximum absolute atomic E-state index is 13.4. The second-order valence-corrected chi connectivity index (χ2v) is 9.22. The van der Waals surface area contributed by atoms with Crippen LogP contribution in [0.5, 0.6) is 0 Å². The predicted octanol–water partition coefficient (Wildman–Crippen LogP) is 5.33. The average Bonchev–Trinajstić information content (AvgIpc) is 3.30. The van der Waals surface area contributed by atoms with Crippen molar-refractivity contribution in [3.8, 4) is 0 Å². The fourth-order valence-electron chi connectivity index (χ4n) is 2.82. The third-order valence-corrected chi connectivity index (χ3v) is 5.68. The summed E-state index contributed by atoms with van der Waals surface area (Å²) in [5.41, 5.74) is -0.670. The SMILES string of the molecule is CC(C)c1cnc(C2(C(=O)c3ccc(NC(=O)OC(C)(C)C)cc3)C=CC=N2)s1. The minimum Gasteiger partial charge on any atom is -0.444 e. The molecule has 7 heteroatoms. The summed E-state index contributed by atoms with van der Waals surface area (Å²) in [6, 6.07) is 6.70. The highest BCUT2D eigenvalue weighted by Crippen LogP contribution is 2.38. The number of rotatable bonds is 5. The van der Waals surface area contributed by atoms with Gasteiger partial charge in [0.1, 0.15) is 10.6 Å². The van der Waals surface area contributed by atoms with Gasteiger partial charge < -0.3 is 4.74 Å². The summed E-state index contributed by atoms with van der Waals surface area (Å²) < 4.78 is 5.24. The minimum absolute atomic E-state index is 0.157. The molecule has 152 valence electrons. The molecule has 2 heterocycles. The number of nitrogens with one attached hydrogen (secondary N) is 1. The van der Waals surface area contributed by atoms with Crippen molar-refractivity contribution < 1.29 is 14.3 Å². The second kappa shape index (κ2) is 7.91. The van der Waals surface area contributed by atoms with Crippen LogP contribution in [0, 0.1) is 0 Å². The highest BCUT2D eigenvalue weighted by atomic mass is 32.1. The molecule has 2 aromatic rings. The van der Waals surface area contributed by atoms with Crippen LogP contribution < -0.4 is 5.32 Å². The van der Waals surface area contributed by atoms with Crippen LogP contribution in [0.25, 0.3) is 0 Å². The molecule has 1 unspecified atom stereocenters. The molecule has 0 bridgehead atoms. The number of anilines is 1. The van der Waals surface area contributed by atoms with E-state index in [4.69, 9.17) is 4.74 Å². The van der Waals surface area contributed by atoms with Crippen LogP contribution in [-0.2, 0) is 10.3 Å². The Bertz CT molecular complexity index is 954. The number of hydrogen-bond donors (Lipinski definition) is 1. The number of nitrogens with zero attached hydrogens (tertiary/aromatic N) is 2. The molecule has 29 heavy (non-hydrogen) atoms. The minimum atomic E-state index is -1.13. The van der Waals surface area contributed by atoms with Gasteiger partial charge in [0, 0.05) is 28.5 Å². The monoisotopic (exact) mass is 411 g/mol. The van der Waals surface area contributed by atoms with Gasteiger partial charge in [-0.05, 0) is 63.1 Å². The van der Waals surface area contributed by atoms with E-state index in [0.717, 1.165) is 4.88 Å². The first-order valence-electron chi connectivity index (χ1n) is 9.45. The number of carbonyl (C=O) groups excluding carboxylic acids is 2. The molecule has 1 N–H and O–H groups in total. The maximum atomic E-state index is 13.4. The summed E-state index contributed by atoms with van der Waals surface area (Å²) in [5.74, 6) is 0.178. The van der Waals surface area contributed by atoms with Crippen LogP contribution >= 0.6 is 11.3 Å². The molecule has 1 amide bonds. The highest BCUT2D eigenvalue weighted by molar-refractivity contribution is 7.12. The number of thiazole rings is 1. The van der Waals surface area contributed by atoms with E-state index in [-0.39, 0.29) is 5.78 Å². The first-order chi connectivity index (χ1) is 13.6. The van der Waals surface area contributed by atoms with Crippen LogP contribution in [0.15, 0.2) is 47.6 Å². The number of ketones is 1. The van der Waals surface area contributed by atoms with E-state index in [0.29, 0.717) is 22.2 Å². The highest BCUT2D eigenvalue weighted by Gasteiger charge is 2.42. The standard InChI is InChI=1S/C22H25N3O3S/c1-14(2)17-13-23-19(29-17)22(11-6-12-24-22)18(26)15-7-9-16(10-8-15)25-20(27)28-21(3,4)5/h6-14H,1-5H3,(H,25,27). The average molecular weight is 412 g/mol. The number of aromatic nitrogens is 1. The molecule has 1 aliphatic heterocycles. The van der Waals surface area contributed by atoms with E-state index in [9.17, 15) is 9.59 Å². The zero-order chi connectivity index (χ0) is 21.2. The van der Waals surface area contributed by atoms with Crippen LogP contribution in [0.2, 0.25) is 0 Å². The Morgan fingerprint density at radius 1 is 1.17 bits per heavy atom. The lowest BCUT2D eigenvalue weighted by Crippen LogP contribution is -2.30. The van der Waals surface area contributed by atoms with Gasteiger partial charge in [-0.2, -0.15) is 0 Å². The fraction of sp³-hybridized carbons (Fsp3) is 0.364. The van der Waals surface area contributed by atoms with Crippen LogP contribution in [-0.4, -0.2) is 28.7 Å². The van der Waals surface area contributed by atoms with E-state index < -0.39 is 17.2 Å². The number of aliphatic imine (C=N–C) groups is 1. The zero-order valence-electron chi connectivity index (χ0n) is 17.2. The fourth-order valence-corrected chi connectivity index (χ4v) is 3.86. The van der Waals surface area contributed by atoms with Crippen LogP contribution in [0.3, 0.4) is 0 Å². The molecule has 6 nitrogen and oxygen atoms in total. The molecular weight excluding hydrogens is 386 g/mol. The number of allylic oxidation sites excluding steroid dienone is 1. The summed E-state index contributed by atoms with van der Waals surface area (Å²) in [5, 5.41) is 3.32. The number of benzene rings is 1. The summed E-state index contributed by atoms with van der Waals surface area (Å²) in [4.78, 5) is 35.3. The lowest BCUT2D eigenvalue weighted by Gasteiger charge is -2.21. The van der Waals surface area contributed by atoms with Crippen molar-refractivity contribution in [3.05, 3.63) is 58.1 Å². The Balaban J connectivity index is 1.82. The quantitative estimate of drug-likeness (QED) is 0.674. The number of Topliss-reactive ketones (excluding diaryl/α,β-unsaturated/α-hetero) is 1. The van der Waals surface area contributed by atoms with Crippen molar-refractivity contribution in [2.75, 3.05) is 5.32 Å². The summed E-state index contributed by atoms with van der Waals surface area (Å²) >= 11 is 1.51. The lowest BCUT2D eigenvalue weighted by atomic mass is 9.91. The number of carbonyl (C=O) groups is 2. The molecule has 0 aliphatic carbocycles. The Labute approximate surface area is 174 Å². The molecule has 1 atom stereocenters. The van der Waals surface area contributed by atoms with Gasteiger partial charge in [-0.1, -0.05) is 13.8 Å². The Hall–Kier alpha value is -2.80. The second-order valence-electron chi connectivity index (χ2n) is 8.16. The lowest BCUT2D eigenvalue weighted by molar-refractivity contribution is 0.0635. The molecule has 3 rings (SSSR count). The Kier molecular flexibility index (Phi) is 5.71. The van der Waals surface area contributed by atoms with Crippen LogP contribution in [0.1, 0.15) is 60.8 Å². The normalized spacial score (nSPS) is 18.3. The van der Waals surface area contributed by atoms with Crippen molar-refractivity contribution in [1.29, 1.82) is 0 Å². The molecule has 0 radical (unpaired) electrons. The van der Waals surface area contributed by atoms with Gasteiger partial charge in [-0.25, -0.2) is 9.78 Å². The number of amides is 1. The van der Waals surface area contributed by atoms with Crippen molar-refractivity contribution in [3.63, 3.8) is 0 Å². The van der Waals surface area contributed by atoms with E-state index in [1.165, 1.54) is 11.3 Å². The van der Waals surface area contributed by atoms with Crippen LogP contribution in [0.4, 0.5) is 10.5 Å². The summed E-state index contributed by atoms with van der Waals surface area (Å²) in [6.45, 7) is 9.58. The molecule has 0 spiro atoms. The van der Waals surface area contributed by atoms with E-state index >= 15 is 0 Å². The Morgan fingerprint density at radius 2 is 1.86 bits per heavy atom. The largest absolute Gasteiger partial charge is 0.444 e. The van der Waals surface area contributed by atoms with Crippen molar-refractivity contribution in [2.24, 2.45) is 4.99 Å². The van der Waals surface area contributed by atoms with E-state index in [1.807, 2.05) is 6.20 Å². The van der Waals surface area contributed by atoms with Gasteiger partial charge in [0.15, 0.2) is 5.54 Å². The van der Waals surface area contributed by atoms with Crippen molar-refractivity contribution in [2.45, 2.75) is 51.7 Å². The Morgan fingerprint density at radius 3 is 2.38 bits per heavy atom. The molecular formula is C22H25N3O3S. The summed E-state index contributed by atoms with van der Waals surface area (Å²) in [7, 11) is 0. The van der Waals surface area contributed by atoms with Gasteiger partial charge in [-0.3, -0.25) is 15.1 Å². The molecule has 0 saturated carbocycles. The summed E-state index contributed by atoms with van der Waals surface area (Å²) in [6.07, 6.45) is 6.46. The first kappa shape index (κ1) is 20.9. The topological polar surface area (TPSA) is 80.7 Å².